The lowest BCUT2D eigenvalue weighted by Gasteiger charge is -2.11. The van der Waals surface area contributed by atoms with Crippen LogP contribution in [0.1, 0.15) is 34.3 Å². The number of amides is 1. The molecule has 1 aliphatic carbocycles. The molecule has 6 rings (SSSR count). The first-order valence-corrected chi connectivity index (χ1v) is 10.8. The summed E-state index contributed by atoms with van der Waals surface area (Å²) in [6, 6.07) is 13.2. The molecule has 1 N–H and O–H groups in total. The molecular formula is C24H20FN5O3. The predicted octanol–water partition coefficient (Wildman–Crippen LogP) is 4.38. The van der Waals surface area contributed by atoms with E-state index in [1.165, 1.54) is 0 Å². The summed E-state index contributed by atoms with van der Waals surface area (Å²) < 4.78 is 26.2. The van der Waals surface area contributed by atoms with Gasteiger partial charge in [-0.05, 0) is 37.1 Å². The average Bonchev–Trinajstić information content (AvgIpc) is 3.20. The van der Waals surface area contributed by atoms with Crippen LogP contribution in [-0.2, 0) is 6.54 Å². The van der Waals surface area contributed by atoms with Gasteiger partial charge in [0.05, 0.1) is 24.2 Å². The van der Waals surface area contributed by atoms with E-state index < -0.39 is 6.17 Å². The summed E-state index contributed by atoms with van der Waals surface area (Å²) in [5.74, 6) is 1.55. The van der Waals surface area contributed by atoms with Crippen molar-refractivity contribution in [2.24, 2.45) is 0 Å². The highest BCUT2D eigenvalue weighted by Crippen LogP contribution is 2.43. The highest BCUT2D eigenvalue weighted by molar-refractivity contribution is 6.04. The Balaban J connectivity index is 1.28. The van der Waals surface area contributed by atoms with Crippen LogP contribution in [0.4, 0.5) is 10.1 Å². The molecule has 3 heterocycles. The molecule has 2 aromatic heterocycles. The maximum absolute atomic E-state index is 13.3. The molecule has 0 radical (unpaired) electrons. The molecule has 2 atom stereocenters. The van der Waals surface area contributed by atoms with Crippen LogP contribution >= 0.6 is 0 Å². The van der Waals surface area contributed by atoms with Crippen molar-refractivity contribution in [2.45, 2.75) is 32.0 Å². The van der Waals surface area contributed by atoms with Gasteiger partial charge in [-0.15, -0.1) is 0 Å². The Morgan fingerprint density at radius 2 is 2.09 bits per heavy atom. The van der Waals surface area contributed by atoms with Crippen molar-refractivity contribution in [3.05, 3.63) is 65.8 Å². The van der Waals surface area contributed by atoms with Crippen molar-refractivity contribution in [1.29, 1.82) is 0 Å². The standard InChI is InChI=1S/C24H20FN5O3/c1-13-6-7-14(21-28-24(33-29-21)16-11-17(16)25)10-18(13)27-23(31)19-12-26-22-15-4-2-3-5-20(15)32-9-8-30(19)22/h2-7,10,12,16-17H,8-9,11H2,1H3,(H,27,31)/t16-,17-/m0/s1. The third kappa shape index (κ3) is 3.45. The zero-order valence-corrected chi connectivity index (χ0v) is 17.8. The number of carbonyl (C=O) groups is 1. The SMILES string of the molecule is Cc1ccc(-c2noc([C@H]3C[C@@H]3F)n2)cc1NC(=O)c1cnc2n1CCOc1ccccc1-2. The Labute approximate surface area is 188 Å². The van der Waals surface area contributed by atoms with Gasteiger partial charge < -0.3 is 19.1 Å². The number of imidazole rings is 1. The number of nitrogens with zero attached hydrogens (tertiary/aromatic N) is 4. The van der Waals surface area contributed by atoms with E-state index in [2.05, 4.69) is 20.4 Å². The molecule has 1 saturated carbocycles. The fourth-order valence-electron chi connectivity index (χ4n) is 4.03. The van der Waals surface area contributed by atoms with Gasteiger partial charge in [0, 0.05) is 11.3 Å². The lowest BCUT2D eigenvalue weighted by molar-refractivity contribution is 0.101. The molecule has 166 valence electrons. The van der Waals surface area contributed by atoms with Crippen LogP contribution in [0, 0.1) is 6.92 Å². The molecule has 8 nitrogen and oxygen atoms in total. The van der Waals surface area contributed by atoms with Gasteiger partial charge >= 0.3 is 0 Å². The van der Waals surface area contributed by atoms with Gasteiger partial charge in [0.15, 0.2) is 0 Å². The zero-order chi connectivity index (χ0) is 22.5. The highest BCUT2D eigenvalue weighted by atomic mass is 19.1. The molecule has 0 spiro atoms. The molecule has 0 unspecified atom stereocenters. The minimum absolute atomic E-state index is 0.277. The molecule has 2 aromatic carbocycles. The normalized spacial score (nSPS) is 18.6. The minimum Gasteiger partial charge on any atom is -0.491 e. The fourth-order valence-corrected chi connectivity index (χ4v) is 4.03. The number of aromatic nitrogens is 4. The van der Waals surface area contributed by atoms with E-state index in [0.717, 1.165) is 16.9 Å². The molecule has 0 saturated heterocycles. The lowest BCUT2D eigenvalue weighted by Crippen LogP contribution is -2.19. The van der Waals surface area contributed by atoms with E-state index in [1.54, 1.807) is 12.3 Å². The van der Waals surface area contributed by atoms with Crippen molar-refractivity contribution < 1.29 is 18.4 Å². The molecule has 33 heavy (non-hydrogen) atoms. The van der Waals surface area contributed by atoms with Gasteiger partial charge in [0.25, 0.3) is 5.91 Å². The van der Waals surface area contributed by atoms with E-state index in [4.69, 9.17) is 9.26 Å². The number of nitrogens with one attached hydrogen (secondary N) is 1. The van der Waals surface area contributed by atoms with Crippen LogP contribution in [0.3, 0.4) is 0 Å². The van der Waals surface area contributed by atoms with Crippen molar-refractivity contribution in [2.75, 3.05) is 11.9 Å². The molecule has 4 aromatic rings. The summed E-state index contributed by atoms with van der Waals surface area (Å²) in [4.78, 5) is 22.0. The number of rotatable bonds is 4. The first-order chi connectivity index (χ1) is 16.1. The monoisotopic (exact) mass is 445 g/mol. The number of halogens is 1. The predicted molar refractivity (Wildman–Crippen MR) is 118 cm³/mol. The Bertz CT molecular complexity index is 1380. The summed E-state index contributed by atoms with van der Waals surface area (Å²) in [5, 5.41) is 6.96. The first kappa shape index (κ1) is 19.7. The second kappa shape index (κ2) is 7.54. The van der Waals surface area contributed by atoms with Crippen molar-refractivity contribution in [3.8, 4) is 28.5 Å². The fraction of sp³-hybridized carbons (Fsp3) is 0.250. The molecule has 9 heteroatoms. The molecular weight excluding hydrogens is 425 g/mol. The second-order valence-corrected chi connectivity index (χ2v) is 8.26. The van der Waals surface area contributed by atoms with Crippen LogP contribution in [-0.4, -0.2) is 38.4 Å². The number of ether oxygens (including phenoxy) is 1. The number of benzene rings is 2. The number of fused-ring (bicyclic) bond motifs is 3. The van der Waals surface area contributed by atoms with E-state index in [-0.39, 0.29) is 11.8 Å². The second-order valence-electron chi connectivity index (χ2n) is 8.26. The van der Waals surface area contributed by atoms with E-state index in [9.17, 15) is 9.18 Å². The number of carbonyl (C=O) groups excluding carboxylic acids is 1. The van der Waals surface area contributed by atoms with Gasteiger partial charge in [-0.1, -0.05) is 29.4 Å². The average molecular weight is 445 g/mol. The summed E-state index contributed by atoms with van der Waals surface area (Å²) in [6.45, 7) is 2.85. The van der Waals surface area contributed by atoms with Crippen LogP contribution in [0.2, 0.25) is 0 Å². The summed E-state index contributed by atoms with van der Waals surface area (Å²) >= 11 is 0. The number of para-hydroxylation sites is 1. The summed E-state index contributed by atoms with van der Waals surface area (Å²) in [7, 11) is 0. The topological polar surface area (TPSA) is 95.1 Å². The van der Waals surface area contributed by atoms with E-state index in [1.807, 2.05) is 47.9 Å². The minimum atomic E-state index is -0.908. The van der Waals surface area contributed by atoms with E-state index in [0.29, 0.717) is 54.1 Å². The molecule has 2 aliphatic rings. The number of aryl methyl sites for hydroxylation is 1. The van der Waals surface area contributed by atoms with Crippen molar-refractivity contribution in [1.82, 2.24) is 19.7 Å². The quantitative estimate of drug-likeness (QED) is 0.501. The maximum atomic E-state index is 13.3. The van der Waals surface area contributed by atoms with Gasteiger partial charge in [-0.2, -0.15) is 4.98 Å². The van der Waals surface area contributed by atoms with Crippen molar-refractivity contribution in [3.63, 3.8) is 0 Å². The van der Waals surface area contributed by atoms with Crippen molar-refractivity contribution >= 4 is 11.6 Å². The number of hydrogen-bond donors (Lipinski definition) is 1. The molecule has 1 aliphatic heterocycles. The highest BCUT2D eigenvalue weighted by Gasteiger charge is 2.43. The van der Waals surface area contributed by atoms with Crippen LogP contribution in [0.15, 0.2) is 53.2 Å². The lowest BCUT2D eigenvalue weighted by atomic mass is 10.1. The van der Waals surface area contributed by atoms with E-state index >= 15 is 0 Å². The number of hydrogen-bond acceptors (Lipinski definition) is 6. The van der Waals surface area contributed by atoms with Gasteiger partial charge in [-0.3, -0.25) is 4.79 Å². The third-order valence-corrected chi connectivity index (χ3v) is 6.00. The maximum Gasteiger partial charge on any atom is 0.273 e. The van der Waals surface area contributed by atoms with Gasteiger partial charge in [-0.25, -0.2) is 9.37 Å². The summed E-state index contributed by atoms with van der Waals surface area (Å²) in [6.07, 6.45) is 1.09. The zero-order valence-electron chi connectivity index (χ0n) is 17.8. The van der Waals surface area contributed by atoms with Crippen LogP contribution in [0.25, 0.3) is 22.8 Å². The Kier molecular flexibility index (Phi) is 4.49. The van der Waals surface area contributed by atoms with Gasteiger partial charge in [0.1, 0.15) is 30.0 Å². The largest absolute Gasteiger partial charge is 0.491 e. The van der Waals surface area contributed by atoms with Gasteiger partial charge in [0.2, 0.25) is 11.7 Å². The molecule has 1 amide bonds. The first-order valence-electron chi connectivity index (χ1n) is 10.8. The third-order valence-electron chi connectivity index (χ3n) is 6.00. The van der Waals surface area contributed by atoms with Crippen LogP contribution in [0.5, 0.6) is 5.75 Å². The Morgan fingerprint density at radius 1 is 1.24 bits per heavy atom. The molecule has 0 bridgehead atoms. The Morgan fingerprint density at radius 3 is 2.94 bits per heavy atom. The Hall–Kier alpha value is -4.01. The summed E-state index contributed by atoms with van der Waals surface area (Å²) in [5.41, 5.74) is 3.48. The van der Waals surface area contributed by atoms with Crippen LogP contribution < -0.4 is 10.1 Å². The number of anilines is 1. The smallest absolute Gasteiger partial charge is 0.273 e. The molecule has 1 fully saturated rings. The number of alkyl halides is 1.